The zero-order valence-corrected chi connectivity index (χ0v) is 21.6. The van der Waals surface area contributed by atoms with Crippen molar-refractivity contribution in [3.8, 4) is 17.0 Å². The first kappa shape index (κ1) is 25.4. The second-order valence-corrected chi connectivity index (χ2v) is 9.86. The highest BCUT2D eigenvalue weighted by Gasteiger charge is 2.35. The normalized spacial score (nSPS) is 18.5. The van der Waals surface area contributed by atoms with Crippen molar-refractivity contribution < 1.29 is 19.1 Å². The molecule has 3 fully saturated rings. The van der Waals surface area contributed by atoms with Crippen molar-refractivity contribution in [3.63, 3.8) is 0 Å². The second-order valence-electron chi connectivity index (χ2n) is 9.86. The topological polar surface area (TPSA) is 91.3 Å². The third kappa shape index (κ3) is 6.56. The second kappa shape index (κ2) is 11.9. The fourth-order valence-electron chi connectivity index (χ4n) is 4.82. The molecule has 0 N–H and O–H groups in total. The van der Waals surface area contributed by atoms with E-state index >= 15 is 0 Å². The number of nitrogens with zero attached hydrogens (tertiary/aromatic N) is 6. The van der Waals surface area contributed by atoms with Gasteiger partial charge in [0.05, 0.1) is 32.6 Å². The molecule has 0 spiro atoms. The van der Waals surface area contributed by atoms with Crippen LogP contribution in [0.2, 0.25) is 0 Å². The summed E-state index contributed by atoms with van der Waals surface area (Å²) in [5.41, 5.74) is 1.74. The van der Waals surface area contributed by atoms with Gasteiger partial charge in [-0.2, -0.15) is 0 Å². The molecule has 37 heavy (non-hydrogen) atoms. The molecule has 3 aliphatic rings. The lowest BCUT2D eigenvalue weighted by atomic mass is 10.1. The van der Waals surface area contributed by atoms with Gasteiger partial charge in [-0.15, -0.1) is 10.2 Å². The summed E-state index contributed by atoms with van der Waals surface area (Å²) < 4.78 is 10.7. The van der Waals surface area contributed by atoms with Crippen LogP contribution in [-0.4, -0.2) is 116 Å². The van der Waals surface area contributed by atoms with Gasteiger partial charge in [-0.3, -0.25) is 14.5 Å². The summed E-state index contributed by atoms with van der Waals surface area (Å²) in [6.07, 6.45) is 1.88. The predicted octanol–water partition coefficient (Wildman–Crippen LogP) is 1.37. The maximum atomic E-state index is 13.1. The molecule has 0 atom stereocenters. The first-order valence-corrected chi connectivity index (χ1v) is 13.2. The summed E-state index contributed by atoms with van der Waals surface area (Å²) in [5.74, 6) is 1.84. The number of amides is 2. The average Bonchev–Trinajstić information content (AvgIpc) is 3.81. The standard InChI is InChI=1S/C27H36N6O4/c1-36-23-4-2-3-22(19-23)24-7-8-25(29-28-24)31-11-13-32(14-12-31)26(34)20-33(27(35)21-5-6-21)10-9-30-15-17-37-18-16-30/h2-4,7-8,19,21H,5-6,9-18,20H2,1H3. The van der Waals surface area contributed by atoms with Crippen LogP contribution in [0.3, 0.4) is 0 Å². The Balaban J connectivity index is 1.13. The van der Waals surface area contributed by atoms with Crippen LogP contribution in [0.5, 0.6) is 5.75 Å². The number of ether oxygens (including phenoxy) is 2. The highest BCUT2D eigenvalue weighted by Crippen LogP contribution is 2.31. The van der Waals surface area contributed by atoms with Gasteiger partial charge in [0.25, 0.3) is 0 Å². The number of benzene rings is 1. The Hall–Kier alpha value is -3.24. The van der Waals surface area contributed by atoms with E-state index in [2.05, 4.69) is 20.0 Å². The monoisotopic (exact) mass is 508 g/mol. The van der Waals surface area contributed by atoms with E-state index in [4.69, 9.17) is 9.47 Å². The van der Waals surface area contributed by atoms with Gasteiger partial charge in [-0.05, 0) is 37.1 Å². The summed E-state index contributed by atoms with van der Waals surface area (Å²) in [4.78, 5) is 34.1. The van der Waals surface area contributed by atoms with Crippen molar-refractivity contribution >= 4 is 17.6 Å². The third-order valence-electron chi connectivity index (χ3n) is 7.33. The molecule has 3 heterocycles. The number of methoxy groups -OCH3 is 1. The molecule has 10 nitrogen and oxygen atoms in total. The van der Waals surface area contributed by atoms with E-state index in [9.17, 15) is 9.59 Å². The van der Waals surface area contributed by atoms with Gasteiger partial charge in [0, 0.05) is 63.8 Å². The van der Waals surface area contributed by atoms with Crippen molar-refractivity contribution in [2.75, 3.05) is 84.1 Å². The minimum atomic E-state index is 0.0232. The smallest absolute Gasteiger partial charge is 0.242 e. The molecule has 198 valence electrons. The zero-order valence-electron chi connectivity index (χ0n) is 21.6. The van der Waals surface area contributed by atoms with E-state index in [0.29, 0.717) is 32.7 Å². The van der Waals surface area contributed by atoms with Gasteiger partial charge in [-0.1, -0.05) is 12.1 Å². The van der Waals surface area contributed by atoms with Crippen LogP contribution in [0.4, 0.5) is 5.82 Å². The van der Waals surface area contributed by atoms with E-state index in [1.54, 1.807) is 12.0 Å². The van der Waals surface area contributed by atoms with Crippen molar-refractivity contribution in [2.45, 2.75) is 12.8 Å². The van der Waals surface area contributed by atoms with E-state index in [1.807, 2.05) is 41.3 Å². The highest BCUT2D eigenvalue weighted by molar-refractivity contribution is 5.87. The van der Waals surface area contributed by atoms with Crippen molar-refractivity contribution in [2.24, 2.45) is 5.92 Å². The molecule has 0 bridgehead atoms. The lowest BCUT2D eigenvalue weighted by Crippen LogP contribution is -2.53. The summed E-state index contributed by atoms with van der Waals surface area (Å²) in [6.45, 7) is 7.34. The average molecular weight is 509 g/mol. The Kier molecular flexibility index (Phi) is 8.15. The number of aromatic nitrogens is 2. The molecular formula is C27H36N6O4. The van der Waals surface area contributed by atoms with Gasteiger partial charge in [0.15, 0.2) is 5.82 Å². The molecule has 2 aromatic rings. The summed E-state index contributed by atoms with van der Waals surface area (Å²) in [7, 11) is 1.65. The van der Waals surface area contributed by atoms with Gasteiger partial charge in [0.1, 0.15) is 5.75 Å². The Morgan fingerprint density at radius 2 is 1.81 bits per heavy atom. The zero-order chi connectivity index (χ0) is 25.6. The first-order chi connectivity index (χ1) is 18.1. The van der Waals surface area contributed by atoms with E-state index < -0.39 is 0 Å². The predicted molar refractivity (Wildman–Crippen MR) is 139 cm³/mol. The fourth-order valence-corrected chi connectivity index (χ4v) is 4.82. The Morgan fingerprint density at radius 3 is 2.49 bits per heavy atom. The quantitative estimate of drug-likeness (QED) is 0.502. The van der Waals surface area contributed by atoms with Gasteiger partial charge in [0.2, 0.25) is 11.8 Å². The van der Waals surface area contributed by atoms with Crippen molar-refractivity contribution in [3.05, 3.63) is 36.4 Å². The number of piperazine rings is 1. The minimum absolute atomic E-state index is 0.0232. The maximum absolute atomic E-state index is 13.1. The number of morpholine rings is 1. The Labute approximate surface area is 218 Å². The van der Waals surface area contributed by atoms with Crippen molar-refractivity contribution in [1.82, 2.24) is 24.9 Å². The lowest BCUT2D eigenvalue weighted by Gasteiger charge is -2.36. The summed E-state index contributed by atoms with van der Waals surface area (Å²) in [6, 6.07) is 11.7. The van der Waals surface area contributed by atoms with Crippen molar-refractivity contribution in [1.29, 1.82) is 0 Å². The van der Waals surface area contributed by atoms with Crippen LogP contribution in [0.15, 0.2) is 36.4 Å². The molecule has 1 aromatic heterocycles. The molecule has 2 amide bonds. The Morgan fingerprint density at radius 1 is 1.03 bits per heavy atom. The SMILES string of the molecule is COc1cccc(-c2ccc(N3CCN(C(=O)CN(CCN4CCOCC4)C(=O)C4CC4)CC3)nn2)c1. The van der Waals surface area contributed by atoms with Crippen LogP contribution in [0.25, 0.3) is 11.3 Å². The van der Waals surface area contributed by atoms with Crippen LogP contribution < -0.4 is 9.64 Å². The van der Waals surface area contributed by atoms with Gasteiger partial charge in [-0.25, -0.2) is 0 Å². The Bertz CT molecular complexity index is 1060. The molecule has 1 saturated carbocycles. The first-order valence-electron chi connectivity index (χ1n) is 13.2. The maximum Gasteiger partial charge on any atom is 0.242 e. The minimum Gasteiger partial charge on any atom is -0.497 e. The van der Waals surface area contributed by atoms with Gasteiger partial charge < -0.3 is 24.2 Å². The molecule has 5 rings (SSSR count). The van der Waals surface area contributed by atoms with E-state index in [0.717, 1.165) is 68.5 Å². The lowest BCUT2D eigenvalue weighted by molar-refractivity contribution is -0.141. The number of hydrogen-bond donors (Lipinski definition) is 0. The molecule has 2 saturated heterocycles. The summed E-state index contributed by atoms with van der Waals surface area (Å²) >= 11 is 0. The third-order valence-corrected chi connectivity index (χ3v) is 7.33. The van der Waals surface area contributed by atoms with Crippen LogP contribution in [-0.2, 0) is 14.3 Å². The molecule has 0 radical (unpaired) electrons. The van der Waals surface area contributed by atoms with E-state index in [-0.39, 0.29) is 24.3 Å². The molecule has 0 unspecified atom stereocenters. The highest BCUT2D eigenvalue weighted by atomic mass is 16.5. The van der Waals surface area contributed by atoms with Crippen LogP contribution in [0, 0.1) is 5.92 Å². The van der Waals surface area contributed by atoms with Gasteiger partial charge >= 0.3 is 0 Å². The number of rotatable bonds is 9. The number of anilines is 1. The molecule has 1 aliphatic carbocycles. The molecule has 10 heteroatoms. The molecule has 1 aromatic carbocycles. The fraction of sp³-hybridized carbons (Fsp3) is 0.556. The van der Waals surface area contributed by atoms with E-state index in [1.165, 1.54) is 0 Å². The number of carbonyl (C=O) groups excluding carboxylic acids is 2. The molecule has 2 aliphatic heterocycles. The van der Waals surface area contributed by atoms with Crippen LogP contribution in [0.1, 0.15) is 12.8 Å². The summed E-state index contributed by atoms with van der Waals surface area (Å²) in [5, 5.41) is 8.85. The van der Waals surface area contributed by atoms with Crippen LogP contribution >= 0.6 is 0 Å². The number of carbonyl (C=O) groups is 2. The largest absolute Gasteiger partial charge is 0.497 e. The molecular weight excluding hydrogens is 472 g/mol. The number of hydrogen-bond acceptors (Lipinski definition) is 8.